The number of hydrogen-bond donors (Lipinski definition) is 0. The summed E-state index contributed by atoms with van der Waals surface area (Å²) in [5.74, 6) is 0.405. The van der Waals surface area contributed by atoms with Gasteiger partial charge in [0.2, 0.25) is 0 Å². The third kappa shape index (κ3) is 5.39. The topological polar surface area (TPSA) is 32.7 Å². The highest BCUT2D eigenvalue weighted by Crippen LogP contribution is 2.35. The molecule has 1 saturated heterocycles. The number of aliphatic imine (C=N–C) groups is 1. The summed E-state index contributed by atoms with van der Waals surface area (Å²) < 4.78 is 0. The molecule has 1 amide bonds. The van der Waals surface area contributed by atoms with Gasteiger partial charge in [-0.2, -0.15) is 0 Å². The summed E-state index contributed by atoms with van der Waals surface area (Å²) in [5, 5.41) is 0.755. The quantitative estimate of drug-likeness (QED) is 0.539. The Bertz CT molecular complexity index is 932. The zero-order chi connectivity index (χ0) is 21.2. The van der Waals surface area contributed by atoms with Crippen LogP contribution in [0.25, 0.3) is 6.08 Å². The SMILES string of the molecule is Cc1ccc(N=C2S/C(=C/c3ccc(C(C)(C)C)cc3)C(=O)N2CC(C)C)cc1. The number of rotatable bonds is 4. The highest BCUT2D eigenvalue weighted by molar-refractivity contribution is 8.18. The van der Waals surface area contributed by atoms with E-state index >= 15 is 0 Å². The molecule has 1 fully saturated rings. The maximum absolute atomic E-state index is 13.1. The van der Waals surface area contributed by atoms with Gasteiger partial charge >= 0.3 is 0 Å². The van der Waals surface area contributed by atoms with Crippen molar-refractivity contribution in [2.75, 3.05) is 6.54 Å². The van der Waals surface area contributed by atoms with Crippen LogP contribution in [0.1, 0.15) is 51.3 Å². The Balaban J connectivity index is 1.91. The van der Waals surface area contributed by atoms with Crippen LogP contribution in [-0.2, 0) is 10.2 Å². The van der Waals surface area contributed by atoms with Gasteiger partial charge in [-0.25, -0.2) is 4.99 Å². The van der Waals surface area contributed by atoms with Crippen molar-refractivity contribution in [3.63, 3.8) is 0 Å². The minimum Gasteiger partial charge on any atom is -0.286 e. The molecular weight excluding hydrogens is 376 g/mol. The van der Waals surface area contributed by atoms with Crippen LogP contribution in [0.5, 0.6) is 0 Å². The van der Waals surface area contributed by atoms with E-state index in [4.69, 9.17) is 4.99 Å². The van der Waals surface area contributed by atoms with Crippen LogP contribution in [0.3, 0.4) is 0 Å². The maximum Gasteiger partial charge on any atom is 0.266 e. The van der Waals surface area contributed by atoms with Gasteiger partial charge in [-0.1, -0.05) is 76.6 Å². The summed E-state index contributed by atoms with van der Waals surface area (Å²) in [6.45, 7) is 13.6. The molecule has 2 aromatic rings. The normalized spacial score (nSPS) is 17.8. The van der Waals surface area contributed by atoms with Crippen LogP contribution in [0, 0.1) is 12.8 Å². The Labute approximate surface area is 178 Å². The molecule has 0 radical (unpaired) electrons. The third-order valence-electron chi connectivity index (χ3n) is 4.77. The van der Waals surface area contributed by atoms with E-state index in [2.05, 4.69) is 65.8 Å². The van der Waals surface area contributed by atoms with Gasteiger partial charge in [0, 0.05) is 6.54 Å². The molecule has 1 heterocycles. The number of hydrogen-bond acceptors (Lipinski definition) is 3. The first kappa shape index (κ1) is 21.4. The van der Waals surface area contributed by atoms with Crippen LogP contribution < -0.4 is 0 Å². The molecule has 4 heteroatoms. The van der Waals surface area contributed by atoms with Crippen molar-refractivity contribution < 1.29 is 4.79 Å². The molecule has 0 spiro atoms. The van der Waals surface area contributed by atoms with Gasteiger partial charge < -0.3 is 0 Å². The number of aryl methyl sites for hydroxylation is 1. The van der Waals surface area contributed by atoms with Gasteiger partial charge in [0.1, 0.15) is 0 Å². The first-order valence-electron chi connectivity index (χ1n) is 10.1. The van der Waals surface area contributed by atoms with Gasteiger partial charge in [0.05, 0.1) is 10.6 Å². The molecule has 0 N–H and O–H groups in total. The highest BCUT2D eigenvalue weighted by Gasteiger charge is 2.33. The maximum atomic E-state index is 13.1. The number of amides is 1. The molecule has 0 aliphatic carbocycles. The second-order valence-electron chi connectivity index (χ2n) is 9.02. The van der Waals surface area contributed by atoms with Crippen LogP contribution in [0.2, 0.25) is 0 Å². The summed E-state index contributed by atoms with van der Waals surface area (Å²) in [7, 11) is 0. The zero-order valence-electron chi connectivity index (χ0n) is 18.2. The van der Waals surface area contributed by atoms with Crippen LogP contribution in [0.4, 0.5) is 5.69 Å². The number of thioether (sulfide) groups is 1. The largest absolute Gasteiger partial charge is 0.286 e. The zero-order valence-corrected chi connectivity index (χ0v) is 19.0. The molecule has 0 bridgehead atoms. The standard InChI is InChI=1S/C25H30N2OS/c1-17(2)16-27-23(28)22(15-19-9-11-20(12-10-19)25(4,5)6)29-24(27)26-21-13-7-18(3)8-14-21/h7-15,17H,16H2,1-6H3/b22-15+,26-24?. The van der Waals surface area contributed by atoms with Gasteiger partial charge in [-0.05, 0) is 59.4 Å². The van der Waals surface area contributed by atoms with Crippen molar-refractivity contribution in [3.8, 4) is 0 Å². The number of benzene rings is 2. The Morgan fingerprint density at radius 2 is 1.66 bits per heavy atom. The van der Waals surface area contributed by atoms with Crippen molar-refractivity contribution in [1.29, 1.82) is 0 Å². The van der Waals surface area contributed by atoms with Crippen molar-refractivity contribution in [2.24, 2.45) is 10.9 Å². The van der Waals surface area contributed by atoms with E-state index in [1.807, 2.05) is 35.2 Å². The molecule has 3 rings (SSSR count). The number of carbonyl (C=O) groups is 1. The summed E-state index contributed by atoms with van der Waals surface area (Å²) in [4.78, 5) is 20.4. The fourth-order valence-electron chi connectivity index (χ4n) is 3.08. The smallest absolute Gasteiger partial charge is 0.266 e. The lowest BCUT2D eigenvalue weighted by molar-refractivity contribution is -0.122. The number of amidine groups is 1. The summed E-state index contributed by atoms with van der Waals surface area (Å²) in [5.41, 5.74) is 4.51. The second kappa shape index (κ2) is 8.58. The predicted octanol–water partition coefficient (Wildman–Crippen LogP) is 6.55. The lowest BCUT2D eigenvalue weighted by Crippen LogP contribution is -2.32. The van der Waals surface area contributed by atoms with E-state index in [1.54, 1.807) is 0 Å². The Kier molecular flexibility index (Phi) is 6.33. The van der Waals surface area contributed by atoms with Gasteiger partial charge in [0.15, 0.2) is 5.17 Å². The lowest BCUT2D eigenvalue weighted by atomic mass is 9.87. The van der Waals surface area contributed by atoms with E-state index in [-0.39, 0.29) is 11.3 Å². The second-order valence-corrected chi connectivity index (χ2v) is 10.0. The fourth-order valence-corrected chi connectivity index (χ4v) is 4.09. The summed E-state index contributed by atoms with van der Waals surface area (Å²) in [6.07, 6.45) is 1.98. The van der Waals surface area contributed by atoms with Gasteiger partial charge in [0.25, 0.3) is 5.91 Å². The molecule has 0 saturated carbocycles. The Hall–Kier alpha value is -2.33. The molecular formula is C25H30N2OS. The summed E-state index contributed by atoms with van der Waals surface area (Å²) in [6, 6.07) is 16.5. The number of nitrogens with zero attached hydrogens (tertiary/aromatic N) is 2. The fraction of sp³-hybridized carbons (Fsp3) is 0.360. The monoisotopic (exact) mass is 406 g/mol. The number of carbonyl (C=O) groups excluding carboxylic acids is 1. The molecule has 0 aromatic heterocycles. The van der Waals surface area contributed by atoms with E-state index in [1.165, 1.54) is 22.9 Å². The van der Waals surface area contributed by atoms with Crippen molar-refractivity contribution >= 4 is 34.6 Å². The molecule has 2 aromatic carbocycles. The molecule has 3 nitrogen and oxygen atoms in total. The van der Waals surface area contributed by atoms with Gasteiger partial charge in [-0.15, -0.1) is 0 Å². The van der Waals surface area contributed by atoms with E-state index in [0.29, 0.717) is 12.5 Å². The van der Waals surface area contributed by atoms with Crippen molar-refractivity contribution in [3.05, 3.63) is 70.1 Å². The van der Waals surface area contributed by atoms with Crippen LogP contribution in [-0.4, -0.2) is 22.5 Å². The van der Waals surface area contributed by atoms with Crippen molar-refractivity contribution in [1.82, 2.24) is 4.90 Å². The Morgan fingerprint density at radius 1 is 1.03 bits per heavy atom. The minimum atomic E-state index is 0.0365. The molecule has 152 valence electrons. The predicted molar refractivity (Wildman–Crippen MR) is 126 cm³/mol. The van der Waals surface area contributed by atoms with Crippen molar-refractivity contribution in [2.45, 2.75) is 47.0 Å². The molecule has 0 unspecified atom stereocenters. The van der Waals surface area contributed by atoms with Crippen LogP contribution in [0.15, 0.2) is 58.4 Å². The van der Waals surface area contributed by atoms with E-state index in [9.17, 15) is 4.79 Å². The molecule has 29 heavy (non-hydrogen) atoms. The first-order valence-corrected chi connectivity index (χ1v) is 10.9. The lowest BCUT2D eigenvalue weighted by Gasteiger charge is -2.18. The first-order chi connectivity index (χ1) is 13.6. The molecule has 1 aliphatic heterocycles. The Morgan fingerprint density at radius 3 is 2.21 bits per heavy atom. The summed E-state index contributed by atoms with van der Waals surface area (Å²) >= 11 is 1.46. The average Bonchev–Trinajstić information content (AvgIpc) is 2.92. The van der Waals surface area contributed by atoms with E-state index in [0.717, 1.165) is 21.3 Å². The highest BCUT2D eigenvalue weighted by atomic mass is 32.2. The van der Waals surface area contributed by atoms with Crippen LogP contribution >= 0.6 is 11.8 Å². The van der Waals surface area contributed by atoms with Gasteiger partial charge in [-0.3, -0.25) is 9.69 Å². The minimum absolute atomic E-state index is 0.0365. The average molecular weight is 407 g/mol. The van der Waals surface area contributed by atoms with E-state index < -0.39 is 0 Å². The molecule has 0 atom stereocenters. The third-order valence-corrected chi connectivity index (χ3v) is 5.78. The molecule has 1 aliphatic rings.